The number of nitrogens with zero attached hydrogens (tertiary/aromatic N) is 6. The Morgan fingerprint density at radius 1 is 0.974 bits per heavy atom. The molecule has 14 heteroatoms. The molecule has 2 aromatic heterocycles. The van der Waals surface area contributed by atoms with Crippen LogP contribution >= 0.6 is 11.6 Å². The minimum Gasteiger partial charge on any atom is -0.497 e. The largest absolute Gasteiger partial charge is 0.497 e. The molecule has 2 aromatic carbocycles. The van der Waals surface area contributed by atoms with E-state index in [1.165, 1.54) is 0 Å². The smallest absolute Gasteiger partial charge is 0.419 e. The highest BCUT2D eigenvalue weighted by Crippen LogP contribution is 2.33. The number of hydrogen-bond donors (Lipinski definition) is 2. The molecule has 2 heterocycles. The van der Waals surface area contributed by atoms with Crippen molar-refractivity contribution in [3.05, 3.63) is 88.5 Å². The Morgan fingerprint density at radius 2 is 1.79 bits per heavy atom. The second-order valence-corrected chi connectivity index (χ2v) is 8.08. The number of pyridine rings is 1. The summed E-state index contributed by atoms with van der Waals surface area (Å²) in [7, 11) is 1.55. The van der Waals surface area contributed by atoms with Crippen LogP contribution in [0, 0.1) is 5.82 Å². The zero-order chi connectivity index (χ0) is 27.1. The predicted molar refractivity (Wildman–Crippen MR) is 132 cm³/mol. The zero-order valence-electron chi connectivity index (χ0n) is 19.7. The summed E-state index contributed by atoms with van der Waals surface area (Å²) in [6.07, 6.45) is -3.32. The number of hydrogen-bond acceptors (Lipinski definition) is 9. The summed E-state index contributed by atoms with van der Waals surface area (Å²) in [5.74, 6) is -0.923. The molecule has 4 aromatic rings. The van der Waals surface area contributed by atoms with Crippen LogP contribution in [0.25, 0.3) is 0 Å². The van der Waals surface area contributed by atoms with E-state index in [-0.39, 0.29) is 36.6 Å². The first-order valence-electron chi connectivity index (χ1n) is 10.9. The molecule has 0 amide bonds. The van der Waals surface area contributed by atoms with E-state index in [1.54, 1.807) is 43.6 Å². The summed E-state index contributed by atoms with van der Waals surface area (Å²) in [6.45, 7) is 0.445. The topological polar surface area (TPSA) is 110 Å². The molecule has 0 unspecified atom stereocenters. The highest BCUT2D eigenvalue weighted by molar-refractivity contribution is 6.29. The standard InChI is InChI=1S/C24H19ClF4N8O/c1-38-17-4-2-3-14(9-17)13-32-37-23-35-21(31-12-15-5-8-20(25)30-11-15)34-22(36-23)33-16-6-7-19(26)18(10-16)24(27,28)29/h2-11H,12-13H2,1H3,(H2,31,33,34,35,36). The average molecular weight is 547 g/mol. The van der Waals surface area contributed by atoms with Crippen molar-refractivity contribution in [3.63, 3.8) is 0 Å². The number of aromatic nitrogens is 4. The quantitative estimate of drug-likeness (QED) is 0.136. The maximum absolute atomic E-state index is 13.7. The van der Waals surface area contributed by atoms with Gasteiger partial charge in [-0.25, -0.2) is 9.37 Å². The van der Waals surface area contributed by atoms with Crippen molar-refractivity contribution in [2.75, 3.05) is 17.7 Å². The number of rotatable bonds is 9. The number of alkyl halides is 3. The molecule has 0 aliphatic heterocycles. The third-order valence-electron chi connectivity index (χ3n) is 4.94. The Bertz CT molecular complexity index is 1430. The Kier molecular flexibility index (Phi) is 8.26. The van der Waals surface area contributed by atoms with E-state index in [9.17, 15) is 17.6 Å². The van der Waals surface area contributed by atoms with Crippen molar-refractivity contribution < 1.29 is 22.3 Å². The maximum Gasteiger partial charge on any atom is 0.419 e. The average Bonchev–Trinajstić information content (AvgIpc) is 2.89. The second kappa shape index (κ2) is 11.8. The van der Waals surface area contributed by atoms with Crippen LogP contribution in [0.3, 0.4) is 0 Å². The Hall–Kier alpha value is -4.39. The molecule has 0 saturated heterocycles. The van der Waals surface area contributed by atoms with Crippen LogP contribution in [-0.2, 0) is 19.3 Å². The lowest BCUT2D eigenvalue weighted by Gasteiger charge is -2.12. The Morgan fingerprint density at radius 3 is 2.53 bits per heavy atom. The van der Waals surface area contributed by atoms with E-state index in [0.717, 1.165) is 17.2 Å². The normalized spacial score (nSPS) is 11.5. The van der Waals surface area contributed by atoms with Crippen LogP contribution in [0.5, 0.6) is 5.75 Å². The summed E-state index contributed by atoms with van der Waals surface area (Å²) >= 11 is 5.81. The van der Waals surface area contributed by atoms with Gasteiger partial charge in [-0.15, -0.1) is 5.11 Å². The Balaban J connectivity index is 1.59. The predicted octanol–water partition coefficient (Wildman–Crippen LogP) is 6.73. The van der Waals surface area contributed by atoms with E-state index >= 15 is 0 Å². The third kappa shape index (κ3) is 7.32. The molecular weight excluding hydrogens is 528 g/mol. The van der Waals surface area contributed by atoms with Crippen LogP contribution in [0.2, 0.25) is 5.15 Å². The summed E-state index contributed by atoms with van der Waals surface area (Å²) in [6, 6.07) is 13.0. The van der Waals surface area contributed by atoms with Crippen molar-refractivity contribution in [2.24, 2.45) is 10.2 Å². The minimum absolute atomic E-state index is 0.0611. The van der Waals surface area contributed by atoms with Crippen molar-refractivity contribution in [2.45, 2.75) is 19.3 Å². The van der Waals surface area contributed by atoms with E-state index < -0.39 is 17.6 Å². The highest BCUT2D eigenvalue weighted by atomic mass is 35.5. The molecule has 9 nitrogen and oxygen atoms in total. The summed E-state index contributed by atoms with van der Waals surface area (Å²) in [5, 5.41) is 14.1. The third-order valence-corrected chi connectivity index (χ3v) is 5.16. The SMILES string of the molecule is COc1cccc(CN=Nc2nc(NCc3ccc(Cl)nc3)nc(Nc3ccc(F)c(C(F)(F)F)c3)n2)c1. The van der Waals surface area contributed by atoms with E-state index in [2.05, 4.69) is 40.8 Å². The first kappa shape index (κ1) is 26.7. The van der Waals surface area contributed by atoms with E-state index in [1.807, 2.05) is 6.07 Å². The van der Waals surface area contributed by atoms with Gasteiger partial charge in [0.05, 0.1) is 19.2 Å². The Labute approximate surface area is 219 Å². The molecule has 4 rings (SSSR count). The molecule has 0 aliphatic rings. The fourth-order valence-corrected chi connectivity index (χ4v) is 3.25. The lowest BCUT2D eigenvalue weighted by molar-refractivity contribution is -0.139. The van der Waals surface area contributed by atoms with E-state index in [0.29, 0.717) is 23.0 Å². The van der Waals surface area contributed by atoms with Crippen molar-refractivity contribution in [3.8, 4) is 5.75 Å². The number of nitrogens with one attached hydrogen (secondary N) is 2. The van der Waals surface area contributed by atoms with Gasteiger partial charge >= 0.3 is 6.18 Å². The molecule has 0 atom stereocenters. The molecule has 0 aliphatic carbocycles. The first-order chi connectivity index (χ1) is 18.2. The van der Waals surface area contributed by atoms with Gasteiger partial charge in [0.25, 0.3) is 5.95 Å². The molecule has 0 fully saturated rings. The van der Waals surface area contributed by atoms with Gasteiger partial charge in [-0.05, 0) is 47.5 Å². The lowest BCUT2D eigenvalue weighted by atomic mass is 10.2. The summed E-state index contributed by atoms with van der Waals surface area (Å²) in [5.41, 5.74) is 0.0688. The summed E-state index contributed by atoms with van der Waals surface area (Å²) in [4.78, 5) is 16.5. The van der Waals surface area contributed by atoms with E-state index in [4.69, 9.17) is 16.3 Å². The van der Waals surface area contributed by atoms with Gasteiger partial charge in [0.2, 0.25) is 11.9 Å². The lowest BCUT2D eigenvalue weighted by Crippen LogP contribution is -2.10. The fourth-order valence-electron chi connectivity index (χ4n) is 3.14. The zero-order valence-corrected chi connectivity index (χ0v) is 20.4. The summed E-state index contributed by atoms with van der Waals surface area (Å²) < 4.78 is 58.3. The number of ether oxygens (including phenoxy) is 1. The molecular formula is C24H19ClF4N8O. The van der Waals surface area contributed by atoms with Gasteiger partial charge < -0.3 is 15.4 Å². The van der Waals surface area contributed by atoms with Crippen LogP contribution < -0.4 is 15.4 Å². The van der Waals surface area contributed by atoms with Gasteiger partial charge in [-0.2, -0.15) is 33.2 Å². The molecule has 38 heavy (non-hydrogen) atoms. The number of anilines is 3. The number of benzene rings is 2. The molecule has 0 spiro atoms. The number of methoxy groups -OCH3 is 1. The minimum atomic E-state index is -4.88. The fraction of sp³-hybridized carbons (Fsp3) is 0.167. The number of azo groups is 1. The number of halogens is 5. The van der Waals surface area contributed by atoms with Crippen molar-refractivity contribution >= 4 is 35.1 Å². The monoisotopic (exact) mass is 546 g/mol. The molecule has 0 saturated carbocycles. The van der Waals surface area contributed by atoms with Crippen LogP contribution in [0.15, 0.2) is 71.0 Å². The molecule has 0 bridgehead atoms. The van der Waals surface area contributed by atoms with Gasteiger partial charge in [-0.3, -0.25) is 0 Å². The van der Waals surface area contributed by atoms with Gasteiger partial charge in [0.15, 0.2) is 0 Å². The molecule has 0 radical (unpaired) electrons. The second-order valence-electron chi connectivity index (χ2n) is 7.69. The molecule has 2 N–H and O–H groups in total. The van der Waals surface area contributed by atoms with Gasteiger partial charge in [0.1, 0.15) is 16.7 Å². The highest BCUT2D eigenvalue weighted by Gasteiger charge is 2.34. The first-order valence-corrected chi connectivity index (χ1v) is 11.3. The van der Waals surface area contributed by atoms with Crippen molar-refractivity contribution in [1.82, 2.24) is 19.9 Å². The van der Waals surface area contributed by atoms with Crippen LogP contribution in [0.1, 0.15) is 16.7 Å². The van der Waals surface area contributed by atoms with Crippen LogP contribution in [0.4, 0.5) is 41.1 Å². The molecule has 196 valence electrons. The van der Waals surface area contributed by atoms with Gasteiger partial charge in [0, 0.05) is 18.4 Å². The van der Waals surface area contributed by atoms with Crippen molar-refractivity contribution in [1.29, 1.82) is 0 Å². The van der Waals surface area contributed by atoms with Crippen LogP contribution in [-0.4, -0.2) is 27.0 Å². The maximum atomic E-state index is 13.7. The van der Waals surface area contributed by atoms with Gasteiger partial charge in [-0.1, -0.05) is 29.8 Å².